The zero-order valence-electron chi connectivity index (χ0n) is 16.0. The fraction of sp³-hybridized carbons (Fsp3) is 0.409. The third-order valence-corrected chi connectivity index (χ3v) is 5.87. The van der Waals surface area contributed by atoms with Gasteiger partial charge in [-0.3, -0.25) is 4.79 Å². The molecule has 1 amide bonds. The number of amides is 1. The Bertz CT molecular complexity index is 941. The molecule has 1 aromatic carbocycles. The smallest absolute Gasteiger partial charge is 0.226 e. The quantitative estimate of drug-likeness (QED) is 0.778. The first-order valence-electron chi connectivity index (χ1n) is 9.90. The standard InChI is InChI=1S/C22H22F2N4O/c23-19-6-4-15(10-20(19)24)2-1-3-17-11-18-14-27(8-9-28(18)22(17)29)21-7-5-16(12-25)13-26-21/h4-7,10,13,17-18H,1-3,8-9,11,14H2/t17-,18-/m0/s1. The van der Waals surface area contributed by atoms with Gasteiger partial charge in [0.25, 0.3) is 0 Å². The molecule has 0 unspecified atom stereocenters. The second-order valence-electron chi connectivity index (χ2n) is 7.72. The van der Waals surface area contributed by atoms with Gasteiger partial charge in [-0.15, -0.1) is 0 Å². The average Bonchev–Trinajstić information content (AvgIpc) is 3.05. The Labute approximate surface area is 168 Å². The Morgan fingerprint density at radius 3 is 2.76 bits per heavy atom. The van der Waals surface area contributed by atoms with Gasteiger partial charge in [-0.2, -0.15) is 5.26 Å². The molecule has 5 nitrogen and oxygen atoms in total. The molecule has 0 spiro atoms. The lowest BCUT2D eigenvalue weighted by Crippen LogP contribution is -2.51. The molecule has 0 bridgehead atoms. The number of hydrogen-bond acceptors (Lipinski definition) is 4. The Morgan fingerprint density at radius 1 is 1.17 bits per heavy atom. The summed E-state index contributed by atoms with van der Waals surface area (Å²) in [5.74, 6) is -0.643. The Morgan fingerprint density at radius 2 is 2.03 bits per heavy atom. The molecule has 2 aliphatic heterocycles. The zero-order chi connectivity index (χ0) is 20.4. The number of nitriles is 1. The highest BCUT2D eigenvalue weighted by molar-refractivity contribution is 5.82. The van der Waals surface area contributed by atoms with Crippen molar-refractivity contribution in [3.8, 4) is 6.07 Å². The summed E-state index contributed by atoms with van der Waals surface area (Å²) in [4.78, 5) is 21.3. The normalized spacial score (nSPS) is 21.2. The first-order chi connectivity index (χ1) is 14.0. The molecule has 2 fully saturated rings. The summed E-state index contributed by atoms with van der Waals surface area (Å²) in [6.45, 7) is 2.14. The van der Waals surface area contributed by atoms with Crippen molar-refractivity contribution in [1.29, 1.82) is 5.26 Å². The predicted octanol–water partition coefficient (Wildman–Crippen LogP) is 3.29. The van der Waals surface area contributed by atoms with Crippen LogP contribution in [0.1, 0.15) is 30.4 Å². The van der Waals surface area contributed by atoms with E-state index in [0.29, 0.717) is 18.5 Å². The van der Waals surface area contributed by atoms with Gasteiger partial charge in [0.2, 0.25) is 5.91 Å². The molecule has 1 aromatic heterocycles. The van der Waals surface area contributed by atoms with Crippen molar-refractivity contribution in [2.45, 2.75) is 31.7 Å². The number of carbonyl (C=O) groups is 1. The summed E-state index contributed by atoms with van der Waals surface area (Å²) in [6, 6.07) is 9.83. The largest absolute Gasteiger partial charge is 0.353 e. The molecule has 29 heavy (non-hydrogen) atoms. The minimum atomic E-state index is -0.835. The fourth-order valence-electron chi connectivity index (χ4n) is 4.35. The van der Waals surface area contributed by atoms with Crippen LogP contribution in [0.3, 0.4) is 0 Å². The van der Waals surface area contributed by atoms with Gasteiger partial charge in [0.1, 0.15) is 11.9 Å². The maximum absolute atomic E-state index is 13.3. The van der Waals surface area contributed by atoms with E-state index in [1.807, 2.05) is 11.0 Å². The van der Waals surface area contributed by atoms with Crippen molar-refractivity contribution < 1.29 is 13.6 Å². The van der Waals surface area contributed by atoms with Crippen LogP contribution in [0.25, 0.3) is 0 Å². The third-order valence-electron chi connectivity index (χ3n) is 5.87. The summed E-state index contributed by atoms with van der Waals surface area (Å²) in [6.07, 6.45) is 4.53. The van der Waals surface area contributed by atoms with E-state index in [9.17, 15) is 13.6 Å². The van der Waals surface area contributed by atoms with E-state index in [0.717, 1.165) is 49.8 Å². The maximum atomic E-state index is 13.3. The number of benzene rings is 1. The van der Waals surface area contributed by atoms with Gasteiger partial charge in [-0.25, -0.2) is 13.8 Å². The van der Waals surface area contributed by atoms with Gasteiger partial charge in [0.05, 0.1) is 11.6 Å². The monoisotopic (exact) mass is 396 g/mol. The molecule has 3 heterocycles. The van der Waals surface area contributed by atoms with E-state index in [4.69, 9.17) is 5.26 Å². The number of carbonyl (C=O) groups excluding carboxylic acids is 1. The van der Waals surface area contributed by atoms with E-state index in [-0.39, 0.29) is 17.9 Å². The van der Waals surface area contributed by atoms with Gasteiger partial charge < -0.3 is 9.80 Å². The van der Waals surface area contributed by atoms with Crippen LogP contribution < -0.4 is 4.90 Å². The zero-order valence-corrected chi connectivity index (χ0v) is 16.0. The molecule has 0 radical (unpaired) electrons. The number of aromatic nitrogens is 1. The van der Waals surface area contributed by atoms with Gasteiger partial charge in [0, 0.05) is 31.7 Å². The summed E-state index contributed by atoms with van der Waals surface area (Å²) in [5.41, 5.74) is 1.29. The minimum absolute atomic E-state index is 0.0147. The van der Waals surface area contributed by atoms with Crippen LogP contribution in [0.15, 0.2) is 36.5 Å². The van der Waals surface area contributed by atoms with Crippen molar-refractivity contribution in [2.75, 3.05) is 24.5 Å². The van der Waals surface area contributed by atoms with Crippen LogP contribution >= 0.6 is 0 Å². The highest BCUT2D eigenvalue weighted by Gasteiger charge is 2.42. The van der Waals surface area contributed by atoms with Crippen LogP contribution in [-0.4, -0.2) is 41.5 Å². The van der Waals surface area contributed by atoms with E-state index < -0.39 is 11.6 Å². The first-order valence-corrected chi connectivity index (χ1v) is 9.90. The molecule has 0 N–H and O–H groups in total. The summed E-state index contributed by atoms with van der Waals surface area (Å²) in [5, 5.41) is 8.91. The molecular weight excluding hydrogens is 374 g/mol. The molecule has 150 valence electrons. The molecule has 2 saturated heterocycles. The molecule has 4 rings (SSSR count). The molecule has 0 aliphatic carbocycles. The summed E-state index contributed by atoms with van der Waals surface area (Å²) in [7, 11) is 0. The van der Waals surface area contributed by atoms with Crippen molar-refractivity contribution in [2.24, 2.45) is 5.92 Å². The van der Waals surface area contributed by atoms with Gasteiger partial charge in [-0.1, -0.05) is 6.07 Å². The number of pyridine rings is 1. The number of fused-ring (bicyclic) bond motifs is 1. The Kier molecular flexibility index (Phi) is 5.43. The summed E-state index contributed by atoms with van der Waals surface area (Å²) >= 11 is 0. The van der Waals surface area contributed by atoms with E-state index >= 15 is 0 Å². The Balaban J connectivity index is 1.32. The van der Waals surface area contributed by atoms with Crippen molar-refractivity contribution >= 4 is 11.7 Å². The number of piperazine rings is 1. The van der Waals surface area contributed by atoms with Gasteiger partial charge in [-0.05, 0) is 55.5 Å². The highest BCUT2D eigenvalue weighted by Crippen LogP contribution is 2.32. The van der Waals surface area contributed by atoms with E-state index in [2.05, 4.69) is 16.0 Å². The highest BCUT2D eigenvalue weighted by atomic mass is 19.2. The Hall–Kier alpha value is -3.01. The third kappa shape index (κ3) is 4.07. The van der Waals surface area contributed by atoms with Crippen LogP contribution in [0.5, 0.6) is 0 Å². The molecule has 2 aliphatic rings. The molecule has 2 atom stereocenters. The SMILES string of the molecule is N#Cc1ccc(N2CCN3C(=O)[C@@H](CCCc4ccc(F)c(F)c4)C[C@H]3C2)nc1. The number of anilines is 1. The maximum Gasteiger partial charge on any atom is 0.226 e. The fourth-order valence-corrected chi connectivity index (χ4v) is 4.35. The molecule has 7 heteroatoms. The minimum Gasteiger partial charge on any atom is -0.353 e. The number of halogens is 2. The van der Waals surface area contributed by atoms with E-state index in [1.54, 1.807) is 18.3 Å². The number of nitrogens with zero attached hydrogens (tertiary/aromatic N) is 4. The van der Waals surface area contributed by atoms with Crippen LogP contribution in [-0.2, 0) is 11.2 Å². The predicted molar refractivity (Wildman–Crippen MR) is 104 cm³/mol. The van der Waals surface area contributed by atoms with Crippen molar-refractivity contribution in [1.82, 2.24) is 9.88 Å². The van der Waals surface area contributed by atoms with Crippen molar-refractivity contribution in [3.63, 3.8) is 0 Å². The van der Waals surface area contributed by atoms with Crippen LogP contribution in [0, 0.1) is 28.9 Å². The van der Waals surface area contributed by atoms with Gasteiger partial charge in [0.15, 0.2) is 11.6 Å². The second kappa shape index (κ2) is 8.16. The topological polar surface area (TPSA) is 60.2 Å². The van der Waals surface area contributed by atoms with Crippen LogP contribution in [0.2, 0.25) is 0 Å². The summed E-state index contributed by atoms with van der Waals surface area (Å²) < 4.78 is 26.4. The van der Waals surface area contributed by atoms with Gasteiger partial charge >= 0.3 is 0 Å². The molecular formula is C22H22F2N4O. The molecule has 2 aromatic rings. The second-order valence-corrected chi connectivity index (χ2v) is 7.72. The van der Waals surface area contributed by atoms with E-state index in [1.165, 1.54) is 6.07 Å². The van der Waals surface area contributed by atoms with Crippen molar-refractivity contribution in [3.05, 3.63) is 59.3 Å². The lowest BCUT2D eigenvalue weighted by molar-refractivity contribution is -0.132. The lowest BCUT2D eigenvalue weighted by atomic mass is 9.96. The number of rotatable bonds is 5. The number of hydrogen-bond donors (Lipinski definition) is 0. The molecule has 0 saturated carbocycles. The lowest BCUT2D eigenvalue weighted by Gasteiger charge is -2.38. The average molecular weight is 396 g/mol. The van der Waals surface area contributed by atoms with Crippen LogP contribution in [0.4, 0.5) is 14.6 Å². The number of aryl methyl sites for hydroxylation is 1. The first kappa shape index (κ1) is 19.3.